The van der Waals surface area contributed by atoms with Crippen molar-refractivity contribution in [3.05, 3.63) is 22.7 Å². The monoisotopic (exact) mass is 266 g/mol. The average Bonchev–Trinajstić information content (AvgIpc) is 2.76. The van der Waals surface area contributed by atoms with Gasteiger partial charge in [0.25, 0.3) is 0 Å². The summed E-state index contributed by atoms with van der Waals surface area (Å²) in [7, 11) is 0. The fraction of sp³-hybridized carbons (Fsp3) is 0.308. The average molecular weight is 267 g/mol. The minimum atomic E-state index is -0.345. The largest absolute Gasteiger partial charge is 0.465 e. The van der Waals surface area contributed by atoms with Gasteiger partial charge >= 0.3 is 5.97 Å². The molecule has 5 heteroatoms. The van der Waals surface area contributed by atoms with Crippen LogP contribution in [0.2, 0.25) is 5.02 Å². The van der Waals surface area contributed by atoms with E-state index >= 15 is 0 Å². The van der Waals surface area contributed by atoms with E-state index in [1.165, 1.54) is 0 Å². The molecule has 0 unspecified atom stereocenters. The van der Waals surface area contributed by atoms with Gasteiger partial charge in [0, 0.05) is 17.7 Å². The molecule has 2 rings (SSSR count). The summed E-state index contributed by atoms with van der Waals surface area (Å²) < 4.78 is 15.2. The van der Waals surface area contributed by atoms with Crippen molar-refractivity contribution < 1.29 is 19.0 Å². The maximum Gasteiger partial charge on any atom is 0.317 e. The normalized spacial score (nSPS) is 11.7. The molecule has 0 spiro atoms. The minimum Gasteiger partial charge on any atom is -0.465 e. The van der Waals surface area contributed by atoms with Crippen LogP contribution in [0.15, 0.2) is 12.1 Å². The molecule has 1 aliphatic rings. The van der Waals surface area contributed by atoms with E-state index in [2.05, 4.69) is 11.8 Å². The van der Waals surface area contributed by atoms with Crippen molar-refractivity contribution in [2.75, 3.05) is 13.4 Å². The molecule has 0 aromatic heterocycles. The molecule has 0 saturated heterocycles. The Morgan fingerprint density at radius 2 is 2.17 bits per heavy atom. The molecule has 0 N–H and O–H groups in total. The summed E-state index contributed by atoms with van der Waals surface area (Å²) in [5, 5.41) is 0.468. The Morgan fingerprint density at radius 1 is 1.44 bits per heavy atom. The Kier molecular flexibility index (Phi) is 3.96. The van der Waals surface area contributed by atoms with Gasteiger partial charge in [-0.1, -0.05) is 23.4 Å². The number of carbonyl (C=O) groups excluding carboxylic acids is 1. The van der Waals surface area contributed by atoms with Crippen LogP contribution in [-0.2, 0) is 9.53 Å². The highest BCUT2D eigenvalue weighted by atomic mass is 35.5. The first-order chi connectivity index (χ1) is 8.70. The van der Waals surface area contributed by atoms with Crippen LogP contribution < -0.4 is 9.47 Å². The van der Waals surface area contributed by atoms with Gasteiger partial charge in [-0.25, -0.2) is 0 Å². The third-order valence-electron chi connectivity index (χ3n) is 2.22. The fourth-order valence-electron chi connectivity index (χ4n) is 1.44. The summed E-state index contributed by atoms with van der Waals surface area (Å²) in [5.41, 5.74) is 0.602. The van der Waals surface area contributed by atoms with Gasteiger partial charge < -0.3 is 14.2 Å². The minimum absolute atomic E-state index is 0.0403. The van der Waals surface area contributed by atoms with Crippen molar-refractivity contribution in [3.63, 3.8) is 0 Å². The Hall–Kier alpha value is -1.86. The van der Waals surface area contributed by atoms with Gasteiger partial charge in [0.05, 0.1) is 11.6 Å². The quantitative estimate of drug-likeness (QED) is 0.609. The summed E-state index contributed by atoms with van der Waals surface area (Å²) in [4.78, 5) is 11.1. The summed E-state index contributed by atoms with van der Waals surface area (Å²) in [6.07, 6.45) is 0.0403. The number of fused-ring (bicyclic) bond motifs is 1. The van der Waals surface area contributed by atoms with Crippen molar-refractivity contribution in [1.29, 1.82) is 0 Å². The highest BCUT2D eigenvalue weighted by molar-refractivity contribution is 6.32. The van der Waals surface area contributed by atoms with Crippen LogP contribution >= 0.6 is 11.6 Å². The smallest absolute Gasteiger partial charge is 0.317 e. The Labute approximate surface area is 110 Å². The van der Waals surface area contributed by atoms with Crippen molar-refractivity contribution in [1.82, 2.24) is 0 Å². The number of benzene rings is 1. The standard InChI is InChI=1S/C13H11ClO4/c1-2-16-13(15)5-3-4-9-6-11-12(7-10(9)14)18-8-17-11/h6-7H,2,5,8H2,1H3. The Bertz CT molecular complexity index is 528. The van der Waals surface area contributed by atoms with E-state index in [9.17, 15) is 4.79 Å². The molecule has 0 atom stereocenters. The van der Waals surface area contributed by atoms with Crippen LogP contribution in [0, 0.1) is 11.8 Å². The van der Waals surface area contributed by atoms with E-state index in [1.54, 1.807) is 19.1 Å². The SMILES string of the molecule is CCOC(=O)CC#Cc1cc2c(cc1Cl)OCO2. The van der Waals surface area contributed by atoms with Crippen LogP contribution in [0.3, 0.4) is 0 Å². The fourth-order valence-corrected chi connectivity index (χ4v) is 1.64. The molecule has 18 heavy (non-hydrogen) atoms. The van der Waals surface area contributed by atoms with Gasteiger partial charge in [0.15, 0.2) is 11.5 Å². The molecule has 1 aromatic carbocycles. The van der Waals surface area contributed by atoms with E-state index in [1.807, 2.05) is 0 Å². The molecule has 94 valence electrons. The maximum absolute atomic E-state index is 11.1. The van der Waals surface area contributed by atoms with E-state index < -0.39 is 0 Å². The summed E-state index contributed by atoms with van der Waals surface area (Å²) in [6, 6.07) is 3.35. The predicted molar refractivity (Wildman–Crippen MR) is 65.7 cm³/mol. The van der Waals surface area contributed by atoms with E-state index in [4.69, 9.17) is 25.8 Å². The molecule has 0 bridgehead atoms. The number of hydrogen-bond acceptors (Lipinski definition) is 4. The Balaban J connectivity index is 2.10. The molecule has 1 aliphatic heterocycles. The maximum atomic E-state index is 11.1. The first kappa shape index (κ1) is 12.6. The lowest BCUT2D eigenvalue weighted by atomic mass is 10.2. The number of ether oxygens (including phenoxy) is 3. The zero-order valence-electron chi connectivity index (χ0n) is 9.79. The number of esters is 1. The van der Waals surface area contributed by atoms with Crippen LogP contribution in [0.25, 0.3) is 0 Å². The zero-order chi connectivity index (χ0) is 13.0. The second kappa shape index (κ2) is 5.65. The van der Waals surface area contributed by atoms with Crippen LogP contribution in [0.1, 0.15) is 18.9 Å². The lowest BCUT2D eigenvalue weighted by Crippen LogP contribution is -2.01. The molecule has 0 radical (unpaired) electrons. The summed E-state index contributed by atoms with van der Waals surface area (Å²) >= 11 is 6.03. The molecule has 1 aromatic rings. The second-order valence-electron chi connectivity index (χ2n) is 3.47. The highest BCUT2D eigenvalue weighted by Gasteiger charge is 2.15. The lowest BCUT2D eigenvalue weighted by Gasteiger charge is -1.99. The topological polar surface area (TPSA) is 44.8 Å². The molecular formula is C13H11ClO4. The zero-order valence-corrected chi connectivity index (χ0v) is 10.5. The van der Waals surface area contributed by atoms with Crippen LogP contribution in [0.4, 0.5) is 0 Å². The third kappa shape index (κ3) is 2.88. The number of carbonyl (C=O) groups is 1. The van der Waals surface area contributed by atoms with Gasteiger partial charge in [0.1, 0.15) is 6.42 Å². The molecule has 0 fully saturated rings. The van der Waals surface area contributed by atoms with Gasteiger partial charge in [-0.15, -0.1) is 0 Å². The van der Waals surface area contributed by atoms with E-state index in [0.29, 0.717) is 28.7 Å². The summed E-state index contributed by atoms with van der Waals surface area (Å²) in [5.74, 6) is 6.40. The second-order valence-corrected chi connectivity index (χ2v) is 3.88. The molecular weight excluding hydrogens is 256 g/mol. The van der Waals surface area contributed by atoms with Gasteiger partial charge in [-0.2, -0.15) is 0 Å². The Morgan fingerprint density at radius 3 is 2.89 bits per heavy atom. The van der Waals surface area contributed by atoms with Gasteiger partial charge in [0.2, 0.25) is 6.79 Å². The number of rotatable bonds is 2. The van der Waals surface area contributed by atoms with Crippen LogP contribution in [-0.4, -0.2) is 19.4 Å². The molecule has 1 heterocycles. The highest BCUT2D eigenvalue weighted by Crippen LogP contribution is 2.36. The van der Waals surface area contributed by atoms with Gasteiger partial charge in [-0.05, 0) is 6.92 Å². The molecule has 4 nitrogen and oxygen atoms in total. The lowest BCUT2D eigenvalue weighted by molar-refractivity contribution is -0.141. The van der Waals surface area contributed by atoms with Crippen molar-refractivity contribution in [2.45, 2.75) is 13.3 Å². The predicted octanol–water partition coefficient (Wildman–Crippen LogP) is 2.37. The van der Waals surface area contributed by atoms with Crippen molar-refractivity contribution in [2.24, 2.45) is 0 Å². The molecule has 0 aliphatic carbocycles. The van der Waals surface area contributed by atoms with Crippen molar-refractivity contribution >= 4 is 17.6 Å². The number of halogens is 1. The molecule has 0 saturated carbocycles. The number of hydrogen-bond donors (Lipinski definition) is 0. The first-order valence-electron chi connectivity index (χ1n) is 5.44. The summed E-state index contributed by atoms with van der Waals surface area (Å²) in [6.45, 7) is 2.29. The first-order valence-corrected chi connectivity index (χ1v) is 5.82. The van der Waals surface area contributed by atoms with E-state index in [0.717, 1.165) is 0 Å². The van der Waals surface area contributed by atoms with Crippen molar-refractivity contribution in [3.8, 4) is 23.3 Å². The van der Waals surface area contributed by atoms with E-state index in [-0.39, 0.29) is 19.2 Å². The van der Waals surface area contributed by atoms with Crippen LogP contribution in [0.5, 0.6) is 11.5 Å². The third-order valence-corrected chi connectivity index (χ3v) is 2.54. The molecule has 0 amide bonds. The van der Waals surface area contributed by atoms with Gasteiger partial charge in [-0.3, -0.25) is 4.79 Å².